The van der Waals surface area contributed by atoms with Gasteiger partial charge < -0.3 is 15.0 Å². The number of anilines is 1. The van der Waals surface area contributed by atoms with Gasteiger partial charge in [-0.2, -0.15) is 0 Å². The number of carbonyl (C=O) groups is 1. The summed E-state index contributed by atoms with van der Waals surface area (Å²) in [7, 11) is 1.67. The van der Waals surface area contributed by atoms with Crippen molar-refractivity contribution >= 4 is 24.0 Å². The molecule has 146 valence electrons. The van der Waals surface area contributed by atoms with Gasteiger partial charge in [-0.05, 0) is 87.7 Å². The van der Waals surface area contributed by atoms with E-state index in [1.807, 2.05) is 29.2 Å². The molecular formula is C21H33ClN2O2. The first-order valence-electron chi connectivity index (χ1n) is 9.77. The quantitative estimate of drug-likeness (QED) is 0.767. The molecule has 3 unspecified atom stereocenters. The third-order valence-electron chi connectivity index (χ3n) is 5.97. The van der Waals surface area contributed by atoms with Crippen molar-refractivity contribution in [3.8, 4) is 5.75 Å². The lowest BCUT2D eigenvalue weighted by atomic mass is 9.85. The molecule has 0 aromatic heterocycles. The molecule has 1 saturated heterocycles. The number of hydrogen-bond acceptors (Lipinski definition) is 3. The fraction of sp³-hybridized carbons (Fsp3) is 0.667. The third kappa shape index (κ3) is 5.14. The zero-order valence-electron chi connectivity index (χ0n) is 16.2. The summed E-state index contributed by atoms with van der Waals surface area (Å²) >= 11 is 0. The third-order valence-corrected chi connectivity index (χ3v) is 5.97. The van der Waals surface area contributed by atoms with Gasteiger partial charge >= 0.3 is 0 Å². The molecule has 1 N–H and O–H groups in total. The van der Waals surface area contributed by atoms with Gasteiger partial charge in [0.05, 0.1) is 7.11 Å². The average molecular weight is 381 g/mol. The van der Waals surface area contributed by atoms with Crippen LogP contribution in [0.2, 0.25) is 0 Å². The Labute approximate surface area is 164 Å². The largest absolute Gasteiger partial charge is 0.497 e. The number of methoxy groups -OCH3 is 1. The van der Waals surface area contributed by atoms with Crippen LogP contribution in [0.5, 0.6) is 5.75 Å². The number of nitrogens with one attached hydrogen (secondary N) is 1. The number of halogens is 1. The zero-order chi connectivity index (χ0) is 17.8. The van der Waals surface area contributed by atoms with Gasteiger partial charge in [0.25, 0.3) is 0 Å². The van der Waals surface area contributed by atoms with E-state index in [2.05, 4.69) is 19.2 Å². The highest BCUT2D eigenvalue weighted by Gasteiger charge is 2.36. The molecule has 2 aliphatic rings. The van der Waals surface area contributed by atoms with Crippen molar-refractivity contribution in [2.75, 3.05) is 25.1 Å². The fourth-order valence-corrected chi connectivity index (χ4v) is 4.04. The topological polar surface area (TPSA) is 41.6 Å². The van der Waals surface area contributed by atoms with Crippen molar-refractivity contribution in [1.82, 2.24) is 5.32 Å². The molecule has 2 fully saturated rings. The lowest BCUT2D eigenvalue weighted by molar-refractivity contribution is -0.120. The van der Waals surface area contributed by atoms with Crippen LogP contribution >= 0.6 is 12.4 Å². The van der Waals surface area contributed by atoms with E-state index in [1.54, 1.807) is 7.11 Å². The summed E-state index contributed by atoms with van der Waals surface area (Å²) in [6.45, 7) is 6.61. The van der Waals surface area contributed by atoms with Crippen molar-refractivity contribution in [1.29, 1.82) is 0 Å². The maximum Gasteiger partial charge on any atom is 0.227 e. The number of rotatable bonds is 7. The molecule has 1 aliphatic heterocycles. The Balaban J connectivity index is 0.00000243. The average Bonchev–Trinajstić information content (AvgIpc) is 3.48. The van der Waals surface area contributed by atoms with Crippen molar-refractivity contribution in [3.63, 3.8) is 0 Å². The molecule has 1 aromatic carbocycles. The Hall–Kier alpha value is -1.26. The first-order valence-corrected chi connectivity index (χ1v) is 9.77. The number of hydrogen-bond donors (Lipinski definition) is 1. The second-order valence-electron chi connectivity index (χ2n) is 7.83. The Morgan fingerprint density at radius 2 is 1.88 bits per heavy atom. The monoisotopic (exact) mass is 380 g/mol. The van der Waals surface area contributed by atoms with Crippen LogP contribution in [0.15, 0.2) is 24.3 Å². The van der Waals surface area contributed by atoms with Crippen LogP contribution in [0.25, 0.3) is 0 Å². The standard InChI is InChI=1S/C21H32N2O2.ClH/c1-15(18-5-4-12-22-14-18)13-21(24)23(16(2)17-6-7-17)19-8-10-20(25-3)11-9-19;/h8-11,15-18,22H,4-7,12-14H2,1-3H3;1H. The van der Waals surface area contributed by atoms with E-state index in [0.29, 0.717) is 24.2 Å². The number of piperidine rings is 1. The van der Waals surface area contributed by atoms with Crippen molar-refractivity contribution in [2.24, 2.45) is 17.8 Å². The molecule has 1 heterocycles. The van der Waals surface area contributed by atoms with E-state index >= 15 is 0 Å². The number of amides is 1. The van der Waals surface area contributed by atoms with Crippen LogP contribution in [-0.4, -0.2) is 32.1 Å². The normalized spacial score (nSPS) is 22.0. The molecule has 1 saturated carbocycles. The molecule has 1 amide bonds. The summed E-state index contributed by atoms with van der Waals surface area (Å²) in [5, 5.41) is 3.47. The van der Waals surface area contributed by atoms with Crippen molar-refractivity contribution < 1.29 is 9.53 Å². The highest BCUT2D eigenvalue weighted by molar-refractivity contribution is 5.94. The summed E-state index contributed by atoms with van der Waals surface area (Å²) in [4.78, 5) is 15.2. The maximum atomic E-state index is 13.2. The summed E-state index contributed by atoms with van der Waals surface area (Å²) in [5.41, 5.74) is 0.999. The van der Waals surface area contributed by atoms with Gasteiger partial charge in [-0.25, -0.2) is 0 Å². The van der Waals surface area contributed by atoms with Crippen molar-refractivity contribution in [2.45, 2.75) is 52.0 Å². The SMILES string of the molecule is COc1ccc(N(C(=O)CC(C)C2CCCNC2)C(C)C2CC2)cc1.Cl. The Bertz CT molecular complexity index is 568. The first kappa shape index (κ1) is 21.0. The number of carbonyl (C=O) groups excluding carboxylic acids is 1. The molecule has 1 aliphatic carbocycles. The Morgan fingerprint density at radius 1 is 1.19 bits per heavy atom. The molecule has 3 atom stereocenters. The fourth-order valence-electron chi connectivity index (χ4n) is 4.04. The van der Waals surface area contributed by atoms with E-state index in [0.717, 1.165) is 24.5 Å². The van der Waals surface area contributed by atoms with E-state index in [-0.39, 0.29) is 24.4 Å². The minimum Gasteiger partial charge on any atom is -0.497 e. The van der Waals surface area contributed by atoms with Gasteiger partial charge in [0.15, 0.2) is 0 Å². The minimum atomic E-state index is 0. The number of nitrogens with zero attached hydrogens (tertiary/aromatic N) is 1. The molecule has 1 aromatic rings. The summed E-state index contributed by atoms with van der Waals surface area (Å²) in [6.07, 6.45) is 5.58. The molecular weight excluding hydrogens is 348 g/mol. The molecule has 0 radical (unpaired) electrons. The van der Waals surface area contributed by atoms with Crippen LogP contribution < -0.4 is 15.0 Å². The van der Waals surface area contributed by atoms with Gasteiger partial charge in [-0.1, -0.05) is 6.92 Å². The van der Waals surface area contributed by atoms with Gasteiger partial charge in [0, 0.05) is 18.2 Å². The maximum absolute atomic E-state index is 13.2. The van der Waals surface area contributed by atoms with E-state index in [1.165, 1.54) is 25.7 Å². The smallest absolute Gasteiger partial charge is 0.227 e. The molecule has 3 rings (SSSR count). The number of benzene rings is 1. The zero-order valence-corrected chi connectivity index (χ0v) is 17.1. The van der Waals surface area contributed by atoms with Gasteiger partial charge in [-0.15, -0.1) is 12.4 Å². The summed E-state index contributed by atoms with van der Waals surface area (Å²) in [5.74, 6) is 2.79. The minimum absolute atomic E-state index is 0. The summed E-state index contributed by atoms with van der Waals surface area (Å²) in [6, 6.07) is 8.20. The molecule has 5 heteroatoms. The van der Waals surface area contributed by atoms with Gasteiger partial charge in [0.1, 0.15) is 5.75 Å². The van der Waals surface area contributed by atoms with E-state index in [4.69, 9.17) is 4.74 Å². The molecule has 4 nitrogen and oxygen atoms in total. The molecule has 26 heavy (non-hydrogen) atoms. The molecule has 0 spiro atoms. The first-order chi connectivity index (χ1) is 12.1. The lowest BCUT2D eigenvalue weighted by Crippen LogP contribution is -2.42. The van der Waals surface area contributed by atoms with Crippen LogP contribution in [0.1, 0.15) is 46.0 Å². The second kappa shape index (κ2) is 9.61. The predicted molar refractivity (Wildman–Crippen MR) is 109 cm³/mol. The van der Waals surface area contributed by atoms with Gasteiger partial charge in [0.2, 0.25) is 5.91 Å². The number of ether oxygens (including phenoxy) is 1. The second-order valence-corrected chi connectivity index (χ2v) is 7.83. The van der Waals surface area contributed by atoms with Crippen molar-refractivity contribution in [3.05, 3.63) is 24.3 Å². The predicted octanol–water partition coefficient (Wildman–Crippen LogP) is 4.27. The van der Waals surface area contributed by atoms with Crippen LogP contribution in [0.4, 0.5) is 5.69 Å². The van der Waals surface area contributed by atoms with Gasteiger partial charge in [-0.3, -0.25) is 4.79 Å². The Morgan fingerprint density at radius 3 is 2.42 bits per heavy atom. The van der Waals surface area contributed by atoms with Crippen LogP contribution in [0.3, 0.4) is 0 Å². The van der Waals surface area contributed by atoms with E-state index < -0.39 is 0 Å². The van der Waals surface area contributed by atoms with Crippen LogP contribution in [0, 0.1) is 17.8 Å². The highest BCUT2D eigenvalue weighted by atomic mass is 35.5. The van der Waals surface area contributed by atoms with E-state index in [9.17, 15) is 4.79 Å². The highest BCUT2D eigenvalue weighted by Crippen LogP contribution is 2.38. The lowest BCUT2D eigenvalue weighted by Gasteiger charge is -2.33. The molecule has 0 bridgehead atoms. The van der Waals surface area contributed by atoms with Crippen LogP contribution in [-0.2, 0) is 4.79 Å². The summed E-state index contributed by atoms with van der Waals surface area (Å²) < 4.78 is 5.26. The Kier molecular flexibility index (Phi) is 7.78.